The Morgan fingerprint density at radius 3 is 1.60 bits per heavy atom. The van der Waals surface area contributed by atoms with Gasteiger partial charge in [0, 0.05) is 42.6 Å². The third-order valence-electron chi connectivity index (χ3n) is 9.78. The molecule has 5 aromatic carbocycles. The minimum atomic E-state index is -4.10. The summed E-state index contributed by atoms with van der Waals surface area (Å²) in [7, 11) is -5.18. The highest BCUT2D eigenvalue weighted by Crippen LogP contribution is 2.46. The molecule has 285 valence electrons. The van der Waals surface area contributed by atoms with Gasteiger partial charge in [-0.15, -0.1) is 4.72 Å². The van der Waals surface area contributed by atoms with Gasteiger partial charge < -0.3 is 4.55 Å². The Morgan fingerprint density at radius 2 is 1.13 bits per heavy atom. The first kappa shape index (κ1) is 42.5. The van der Waals surface area contributed by atoms with E-state index < -0.39 is 40.1 Å². The van der Waals surface area contributed by atoms with Crippen molar-refractivity contribution in [3.05, 3.63) is 161 Å². The molecule has 9 heteroatoms. The zero-order chi connectivity index (χ0) is 39.1. The Balaban J connectivity index is 0.00000580. The largest absolute Gasteiger partial charge is 0.598 e. The molecule has 1 heterocycles. The fraction of sp³-hybridized carbons (Fsp3) is 0.304. The predicted molar refractivity (Wildman–Crippen MR) is 236 cm³/mol. The number of nitrogens with zero attached hydrogens (tertiary/aromatic N) is 1. The lowest BCUT2D eigenvalue weighted by Crippen LogP contribution is -2.42. The molecule has 0 spiro atoms. The summed E-state index contributed by atoms with van der Waals surface area (Å²) in [5, 5.41) is 3.10. The molecule has 1 aromatic heterocycles. The van der Waals surface area contributed by atoms with Gasteiger partial charge in [-0.1, -0.05) is 157 Å². The van der Waals surface area contributed by atoms with Gasteiger partial charge in [0.05, 0.1) is 10.4 Å². The summed E-state index contributed by atoms with van der Waals surface area (Å²) in [6.07, 6.45) is 0.435. The molecule has 0 saturated heterocycles. The van der Waals surface area contributed by atoms with Crippen molar-refractivity contribution in [3.8, 4) is 0 Å². The van der Waals surface area contributed by atoms with E-state index in [4.69, 9.17) is 0 Å². The summed E-state index contributed by atoms with van der Waals surface area (Å²) in [5.41, 5.74) is 5.04. The fourth-order valence-electron chi connectivity index (χ4n) is 6.69. The van der Waals surface area contributed by atoms with Crippen molar-refractivity contribution >= 4 is 59.2 Å². The van der Waals surface area contributed by atoms with Crippen LogP contribution in [0.4, 0.5) is 0 Å². The average Bonchev–Trinajstić information content (AvgIpc) is 3.46. The molecule has 55 heavy (non-hydrogen) atoms. The Kier molecular flexibility index (Phi) is 12.7. The van der Waals surface area contributed by atoms with E-state index in [1.54, 1.807) is 28.2 Å². The Bertz CT molecular complexity index is 2260. The summed E-state index contributed by atoms with van der Waals surface area (Å²) in [6, 6.07) is 43.4. The van der Waals surface area contributed by atoms with Crippen LogP contribution in [0.3, 0.4) is 0 Å². The molecule has 3 radical (unpaired) electrons. The van der Waals surface area contributed by atoms with Gasteiger partial charge in [0.2, 0.25) is 0 Å². The summed E-state index contributed by atoms with van der Waals surface area (Å²) < 4.78 is 49.3. The van der Waals surface area contributed by atoms with Gasteiger partial charge in [-0.2, -0.15) is 0 Å². The van der Waals surface area contributed by atoms with Gasteiger partial charge in [-0.25, -0.2) is 12.4 Å². The van der Waals surface area contributed by atoms with Crippen LogP contribution in [0.5, 0.6) is 0 Å². The molecular formula is C46H53BN2O3PS2. The summed E-state index contributed by atoms with van der Waals surface area (Å²) in [6.45, 7) is 19.2. The standard InChI is InChI=1S/C46H53N2O3PS2.B/c1-44(2,3)34-29-33(30-35(31-34)45(4,5)6)43(47-53(49)46(7,8)9)42-39-27-19-20-28-40(39)48(54(50,51)38-25-17-12-18-26-38)41(42)32-52(36-21-13-10-14-22-36)37-23-15-11-16-24-37;/h10-31,43,47H,32H2,1-9H3;. The van der Waals surface area contributed by atoms with Crippen LogP contribution in [0.15, 0.2) is 138 Å². The minimum absolute atomic E-state index is 0. The van der Waals surface area contributed by atoms with Crippen LogP contribution in [0.1, 0.15) is 96.3 Å². The Labute approximate surface area is 335 Å². The van der Waals surface area contributed by atoms with E-state index in [-0.39, 0.29) is 24.1 Å². The number of benzene rings is 5. The first-order valence-corrected chi connectivity index (χ1v) is 22.6. The SMILES string of the molecule is CC(C)(C)c1cc(C(N[S+]([O-])C(C)(C)C)c2c(CP(c3ccccc3)c3ccccc3)n(S(=O)(=O)c3ccccc3)c3ccccc23)cc(C(C)(C)C)c1.[B]. The van der Waals surface area contributed by atoms with Crippen molar-refractivity contribution in [1.82, 2.24) is 8.69 Å². The maximum absolute atomic E-state index is 15.1. The molecule has 0 amide bonds. The summed E-state index contributed by atoms with van der Waals surface area (Å²) in [4.78, 5) is 0.217. The molecule has 6 aromatic rings. The number of nitrogens with one attached hydrogen (secondary N) is 1. The van der Waals surface area contributed by atoms with Crippen LogP contribution < -0.4 is 15.3 Å². The first-order valence-electron chi connectivity index (χ1n) is 18.5. The fourth-order valence-corrected chi connectivity index (χ4v) is 11.5. The average molecular weight is 788 g/mol. The molecule has 5 nitrogen and oxygen atoms in total. The van der Waals surface area contributed by atoms with Crippen LogP contribution in [0, 0.1) is 0 Å². The lowest BCUT2D eigenvalue weighted by Gasteiger charge is -2.32. The number of hydrogen-bond acceptors (Lipinski definition) is 4. The topological polar surface area (TPSA) is 74.2 Å². The molecule has 0 aliphatic heterocycles. The zero-order valence-electron chi connectivity index (χ0n) is 33.5. The summed E-state index contributed by atoms with van der Waals surface area (Å²) >= 11 is -1.51. The summed E-state index contributed by atoms with van der Waals surface area (Å²) in [5.74, 6) is 0. The highest BCUT2D eigenvalue weighted by atomic mass is 32.2. The van der Waals surface area contributed by atoms with Gasteiger partial charge >= 0.3 is 0 Å². The van der Waals surface area contributed by atoms with Crippen LogP contribution in [0.25, 0.3) is 10.9 Å². The molecule has 0 aliphatic rings. The van der Waals surface area contributed by atoms with Gasteiger partial charge in [-0.05, 0) is 85.0 Å². The van der Waals surface area contributed by atoms with Crippen LogP contribution >= 0.6 is 7.92 Å². The van der Waals surface area contributed by atoms with E-state index in [0.717, 1.165) is 38.2 Å². The molecule has 2 atom stereocenters. The second-order valence-electron chi connectivity index (χ2n) is 17.0. The Morgan fingerprint density at radius 1 is 0.673 bits per heavy atom. The minimum Gasteiger partial charge on any atom is -0.598 e. The van der Waals surface area contributed by atoms with E-state index >= 15 is 8.42 Å². The van der Waals surface area contributed by atoms with Crippen molar-refractivity contribution in [1.29, 1.82) is 0 Å². The van der Waals surface area contributed by atoms with Gasteiger partial charge in [-0.3, -0.25) is 0 Å². The molecule has 0 saturated carbocycles. The number of aromatic nitrogens is 1. The van der Waals surface area contributed by atoms with Gasteiger partial charge in [0.25, 0.3) is 10.0 Å². The van der Waals surface area contributed by atoms with E-state index in [1.807, 2.05) is 87.5 Å². The monoisotopic (exact) mass is 787 g/mol. The zero-order valence-corrected chi connectivity index (χ0v) is 36.0. The van der Waals surface area contributed by atoms with E-state index in [9.17, 15) is 4.55 Å². The van der Waals surface area contributed by atoms with Crippen molar-refractivity contribution in [3.63, 3.8) is 0 Å². The quantitative estimate of drug-likeness (QED) is 0.0853. The molecule has 0 aliphatic carbocycles. The number of hydrogen-bond donors (Lipinski definition) is 1. The molecule has 2 unspecified atom stereocenters. The smallest absolute Gasteiger partial charge is 0.268 e. The van der Waals surface area contributed by atoms with Gasteiger partial charge in [0.15, 0.2) is 0 Å². The Hall–Kier alpha value is -3.65. The van der Waals surface area contributed by atoms with Crippen LogP contribution in [0.2, 0.25) is 0 Å². The van der Waals surface area contributed by atoms with E-state index in [0.29, 0.717) is 17.4 Å². The second kappa shape index (κ2) is 16.4. The first-order chi connectivity index (χ1) is 25.4. The van der Waals surface area contributed by atoms with Crippen molar-refractivity contribution in [2.24, 2.45) is 0 Å². The van der Waals surface area contributed by atoms with E-state index in [1.165, 1.54) is 0 Å². The van der Waals surface area contributed by atoms with Crippen molar-refractivity contribution < 1.29 is 13.0 Å². The molecule has 6 rings (SSSR count). The second-order valence-corrected chi connectivity index (χ2v) is 23.0. The molecule has 0 fully saturated rings. The highest BCUT2D eigenvalue weighted by molar-refractivity contribution is 7.91. The number of rotatable bonds is 10. The number of fused-ring (bicyclic) bond motifs is 1. The maximum atomic E-state index is 15.1. The van der Waals surface area contributed by atoms with Crippen LogP contribution in [-0.4, -0.2) is 30.1 Å². The van der Waals surface area contributed by atoms with Crippen molar-refractivity contribution in [2.75, 3.05) is 0 Å². The molecule has 0 bridgehead atoms. The number of para-hydroxylation sites is 1. The normalized spacial score (nSPS) is 13.8. The highest BCUT2D eigenvalue weighted by Gasteiger charge is 2.38. The predicted octanol–water partition coefficient (Wildman–Crippen LogP) is 9.87. The maximum Gasteiger partial charge on any atom is 0.268 e. The van der Waals surface area contributed by atoms with Gasteiger partial charge in [0.1, 0.15) is 10.8 Å². The van der Waals surface area contributed by atoms with Crippen molar-refractivity contribution in [2.45, 2.75) is 95.0 Å². The lowest BCUT2D eigenvalue weighted by molar-refractivity contribution is 0.534. The lowest BCUT2D eigenvalue weighted by atomic mass is 9.78. The molecular weight excluding hydrogens is 734 g/mol. The van der Waals surface area contributed by atoms with Crippen LogP contribution in [-0.2, 0) is 38.4 Å². The third-order valence-corrected chi connectivity index (χ3v) is 15.6. The van der Waals surface area contributed by atoms with E-state index in [2.05, 4.69) is 88.7 Å². The molecule has 1 N–H and O–H groups in total. The third kappa shape index (κ3) is 9.16.